The highest BCUT2D eigenvalue weighted by Crippen LogP contribution is 1.99. The van der Waals surface area contributed by atoms with Crippen molar-refractivity contribution in [3.63, 3.8) is 0 Å². The molecule has 0 heterocycles. The Morgan fingerprint density at radius 2 is 1.84 bits per heavy atom. The van der Waals surface area contributed by atoms with E-state index in [0.717, 1.165) is 32.3 Å². The molecule has 0 rings (SSSR count). The number of hydrogen-bond acceptors (Lipinski definition) is 2. The van der Waals surface area contributed by atoms with Crippen LogP contribution in [0.2, 0.25) is 0 Å². The zero-order valence-corrected chi connectivity index (χ0v) is 12.9. The lowest BCUT2D eigenvalue weighted by Gasteiger charge is -2.11. The summed E-state index contributed by atoms with van der Waals surface area (Å²) >= 11 is 0. The first-order valence-corrected chi connectivity index (χ1v) is 7.65. The molecule has 0 radical (unpaired) electrons. The molecule has 0 saturated heterocycles. The quantitative estimate of drug-likeness (QED) is 0.234. The van der Waals surface area contributed by atoms with E-state index in [1.165, 1.54) is 19.3 Å². The maximum absolute atomic E-state index is 5.48. The summed E-state index contributed by atoms with van der Waals surface area (Å²) in [5.41, 5.74) is 0. The van der Waals surface area contributed by atoms with E-state index in [1.807, 2.05) is 13.8 Å². The molecular weight excluding hydrogens is 236 g/mol. The van der Waals surface area contributed by atoms with Crippen LogP contribution in [0, 0.1) is 11.8 Å². The highest BCUT2D eigenvalue weighted by molar-refractivity contribution is 5.04. The van der Waals surface area contributed by atoms with Gasteiger partial charge >= 0.3 is 0 Å². The Kier molecular flexibility index (Phi) is 14.7. The predicted octanol–water partition coefficient (Wildman–Crippen LogP) is 4.70. The molecule has 110 valence electrons. The minimum absolute atomic E-state index is 0.0806. The van der Waals surface area contributed by atoms with Gasteiger partial charge in [0, 0.05) is 19.4 Å². The SMILES string of the molecule is CCCCCC#CCC=CCCCOC(C)OCC. The highest BCUT2D eigenvalue weighted by atomic mass is 16.7. The van der Waals surface area contributed by atoms with Crippen molar-refractivity contribution >= 4 is 0 Å². The zero-order chi connectivity index (χ0) is 14.2. The van der Waals surface area contributed by atoms with Gasteiger partial charge in [0.25, 0.3) is 0 Å². The molecule has 0 spiro atoms. The van der Waals surface area contributed by atoms with Crippen molar-refractivity contribution in [2.75, 3.05) is 13.2 Å². The van der Waals surface area contributed by atoms with Crippen LogP contribution in [0.1, 0.15) is 65.7 Å². The molecule has 2 heteroatoms. The Hall–Kier alpha value is -0.780. The summed E-state index contributed by atoms with van der Waals surface area (Å²) in [6.07, 6.45) is 12.1. The Morgan fingerprint density at radius 1 is 1.00 bits per heavy atom. The molecular formula is C17H30O2. The fourth-order valence-electron chi connectivity index (χ4n) is 1.62. The third kappa shape index (κ3) is 15.2. The monoisotopic (exact) mass is 266 g/mol. The number of allylic oxidation sites excluding steroid dienone is 2. The summed E-state index contributed by atoms with van der Waals surface area (Å²) < 4.78 is 10.8. The number of ether oxygens (including phenoxy) is 2. The van der Waals surface area contributed by atoms with E-state index < -0.39 is 0 Å². The molecule has 0 aliphatic rings. The Balaban J connectivity index is 3.29. The Morgan fingerprint density at radius 3 is 2.58 bits per heavy atom. The normalized spacial score (nSPS) is 12.4. The molecule has 1 unspecified atom stereocenters. The summed E-state index contributed by atoms with van der Waals surface area (Å²) in [6, 6.07) is 0. The molecule has 0 aromatic rings. The fourth-order valence-corrected chi connectivity index (χ4v) is 1.62. The van der Waals surface area contributed by atoms with Crippen LogP contribution in [0.5, 0.6) is 0 Å². The second-order valence-corrected chi connectivity index (χ2v) is 4.52. The minimum atomic E-state index is -0.0806. The van der Waals surface area contributed by atoms with E-state index in [2.05, 4.69) is 30.9 Å². The van der Waals surface area contributed by atoms with Crippen LogP contribution in [0.15, 0.2) is 12.2 Å². The molecule has 1 atom stereocenters. The summed E-state index contributed by atoms with van der Waals surface area (Å²) in [6.45, 7) is 7.60. The first-order chi connectivity index (χ1) is 9.31. The van der Waals surface area contributed by atoms with Crippen molar-refractivity contribution in [2.24, 2.45) is 0 Å². The second-order valence-electron chi connectivity index (χ2n) is 4.52. The summed E-state index contributed by atoms with van der Waals surface area (Å²) in [4.78, 5) is 0. The van der Waals surface area contributed by atoms with Gasteiger partial charge < -0.3 is 9.47 Å². The van der Waals surface area contributed by atoms with E-state index in [4.69, 9.17) is 9.47 Å². The summed E-state index contributed by atoms with van der Waals surface area (Å²) in [7, 11) is 0. The van der Waals surface area contributed by atoms with Crippen LogP contribution in [-0.2, 0) is 9.47 Å². The van der Waals surface area contributed by atoms with Crippen molar-refractivity contribution in [3.05, 3.63) is 12.2 Å². The standard InChI is InChI=1S/C17H30O2/c1-4-6-7-8-9-10-11-12-13-14-15-16-19-17(3)18-5-2/h12-13,17H,4-8,11,14-16H2,1-3H3. The van der Waals surface area contributed by atoms with Gasteiger partial charge in [0.2, 0.25) is 0 Å². The molecule has 0 saturated carbocycles. The van der Waals surface area contributed by atoms with Gasteiger partial charge in [-0.3, -0.25) is 0 Å². The van der Waals surface area contributed by atoms with E-state index >= 15 is 0 Å². The molecule has 0 aliphatic carbocycles. The van der Waals surface area contributed by atoms with Crippen LogP contribution in [0.25, 0.3) is 0 Å². The largest absolute Gasteiger partial charge is 0.353 e. The van der Waals surface area contributed by atoms with E-state index in [0.29, 0.717) is 6.61 Å². The van der Waals surface area contributed by atoms with Gasteiger partial charge in [-0.05, 0) is 33.1 Å². The molecule has 0 fully saturated rings. The lowest BCUT2D eigenvalue weighted by atomic mass is 10.2. The lowest BCUT2D eigenvalue weighted by molar-refractivity contribution is -0.127. The summed E-state index contributed by atoms with van der Waals surface area (Å²) in [5, 5.41) is 0. The average Bonchev–Trinajstić information content (AvgIpc) is 2.40. The minimum Gasteiger partial charge on any atom is -0.353 e. The zero-order valence-electron chi connectivity index (χ0n) is 12.9. The van der Waals surface area contributed by atoms with E-state index in [1.54, 1.807) is 0 Å². The van der Waals surface area contributed by atoms with Crippen LogP contribution >= 0.6 is 0 Å². The highest BCUT2D eigenvalue weighted by Gasteiger charge is 1.98. The third-order valence-electron chi connectivity index (χ3n) is 2.69. The molecule has 19 heavy (non-hydrogen) atoms. The molecule has 0 amide bonds. The van der Waals surface area contributed by atoms with Crippen LogP contribution in [0.3, 0.4) is 0 Å². The number of rotatable bonds is 11. The first kappa shape index (κ1) is 18.2. The Labute approximate surface area is 119 Å². The van der Waals surface area contributed by atoms with Gasteiger partial charge in [-0.2, -0.15) is 0 Å². The maximum Gasteiger partial charge on any atom is 0.154 e. The molecule has 0 aromatic heterocycles. The van der Waals surface area contributed by atoms with Crippen molar-refractivity contribution in [1.82, 2.24) is 0 Å². The van der Waals surface area contributed by atoms with Crippen molar-refractivity contribution in [3.8, 4) is 11.8 Å². The molecule has 2 nitrogen and oxygen atoms in total. The van der Waals surface area contributed by atoms with Crippen molar-refractivity contribution in [1.29, 1.82) is 0 Å². The smallest absolute Gasteiger partial charge is 0.154 e. The van der Waals surface area contributed by atoms with Gasteiger partial charge in [0.05, 0.1) is 6.61 Å². The average molecular weight is 266 g/mol. The summed E-state index contributed by atoms with van der Waals surface area (Å²) in [5.74, 6) is 6.39. The molecule has 0 bridgehead atoms. The Bertz CT molecular complexity index is 260. The van der Waals surface area contributed by atoms with Gasteiger partial charge in [-0.1, -0.05) is 37.8 Å². The third-order valence-corrected chi connectivity index (χ3v) is 2.69. The lowest BCUT2D eigenvalue weighted by Crippen LogP contribution is -2.13. The van der Waals surface area contributed by atoms with Crippen molar-refractivity contribution < 1.29 is 9.47 Å². The molecule has 0 aliphatic heterocycles. The number of unbranched alkanes of at least 4 members (excludes halogenated alkanes) is 4. The topological polar surface area (TPSA) is 18.5 Å². The van der Waals surface area contributed by atoms with Crippen LogP contribution in [0.4, 0.5) is 0 Å². The maximum atomic E-state index is 5.48. The van der Waals surface area contributed by atoms with E-state index in [9.17, 15) is 0 Å². The predicted molar refractivity (Wildman–Crippen MR) is 81.9 cm³/mol. The fraction of sp³-hybridized carbons (Fsp3) is 0.765. The second kappa shape index (κ2) is 15.3. The molecule has 0 N–H and O–H groups in total. The van der Waals surface area contributed by atoms with Gasteiger partial charge in [-0.15, -0.1) is 5.92 Å². The number of hydrogen-bond donors (Lipinski definition) is 0. The van der Waals surface area contributed by atoms with Gasteiger partial charge in [0.1, 0.15) is 0 Å². The van der Waals surface area contributed by atoms with E-state index in [-0.39, 0.29) is 6.29 Å². The van der Waals surface area contributed by atoms with Crippen molar-refractivity contribution in [2.45, 2.75) is 72.0 Å². The first-order valence-electron chi connectivity index (χ1n) is 7.65. The van der Waals surface area contributed by atoms with Crippen LogP contribution in [-0.4, -0.2) is 19.5 Å². The van der Waals surface area contributed by atoms with Gasteiger partial charge in [-0.25, -0.2) is 0 Å². The molecule has 0 aromatic carbocycles. The van der Waals surface area contributed by atoms with Crippen LogP contribution < -0.4 is 0 Å². The van der Waals surface area contributed by atoms with Gasteiger partial charge in [0.15, 0.2) is 6.29 Å².